The molecule has 2 aromatic rings. The number of ether oxygens (including phenoxy) is 1. The second kappa shape index (κ2) is 6.13. The van der Waals surface area contributed by atoms with Gasteiger partial charge in [-0.2, -0.15) is 0 Å². The molecule has 1 aliphatic carbocycles. The number of carbonyl (C=O) groups is 1. The van der Waals surface area contributed by atoms with Gasteiger partial charge in [-0.05, 0) is 41.2 Å². The number of rotatable bonds is 4. The quantitative estimate of drug-likeness (QED) is 0.750. The summed E-state index contributed by atoms with van der Waals surface area (Å²) in [6.45, 7) is 4.38. The van der Waals surface area contributed by atoms with Crippen molar-refractivity contribution in [2.75, 3.05) is 6.61 Å². The van der Waals surface area contributed by atoms with Gasteiger partial charge in [0.15, 0.2) is 0 Å². The van der Waals surface area contributed by atoms with Crippen LogP contribution in [0.4, 0.5) is 0 Å². The molecule has 0 radical (unpaired) electrons. The highest BCUT2D eigenvalue weighted by atomic mass is 16.5. The normalized spacial score (nSPS) is 15.2. The summed E-state index contributed by atoms with van der Waals surface area (Å²) in [5.41, 5.74) is 1.69. The predicted molar refractivity (Wildman–Crippen MR) is 86.3 cm³/mol. The van der Waals surface area contributed by atoms with E-state index < -0.39 is 0 Å². The molecular formula is C19H20O2. The van der Waals surface area contributed by atoms with E-state index in [1.165, 1.54) is 25.7 Å². The molecule has 3 rings (SSSR count). The summed E-state index contributed by atoms with van der Waals surface area (Å²) >= 11 is 0. The molecule has 0 bridgehead atoms. The standard InChI is InChI=1S/C19H20O2/c1-2-15-11-12-18(17-10-6-5-9-16(15)17)19(20)21-13-14-7-3-4-8-14/h2,5-6,9-12,14H,1,3-4,7-8,13H2. The van der Waals surface area contributed by atoms with Crippen molar-refractivity contribution in [1.29, 1.82) is 0 Å². The van der Waals surface area contributed by atoms with Gasteiger partial charge >= 0.3 is 5.97 Å². The lowest BCUT2D eigenvalue weighted by Crippen LogP contribution is -2.12. The zero-order chi connectivity index (χ0) is 14.7. The number of carbonyl (C=O) groups excluding carboxylic acids is 1. The maximum absolute atomic E-state index is 12.4. The number of hydrogen-bond donors (Lipinski definition) is 0. The molecule has 1 saturated carbocycles. The molecular weight excluding hydrogens is 260 g/mol. The van der Waals surface area contributed by atoms with Gasteiger partial charge in [-0.25, -0.2) is 4.79 Å². The van der Waals surface area contributed by atoms with Crippen LogP contribution in [0.1, 0.15) is 41.6 Å². The topological polar surface area (TPSA) is 26.3 Å². The molecule has 0 heterocycles. The molecule has 0 atom stereocenters. The first-order valence-corrected chi connectivity index (χ1v) is 7.61. The fourth-order valence-corrected chi connectivity index (χ4v) is 3.13. The van der Waals surface area contributed by atoms with Gasteiger partial charge in [-0.1, -0.05) is 55.8 Å². The van der Waals surface area contributed by atoms with Gasteiger partial charge in [-0.3, -0.25) is 0 Å². The molecule has 1 aliphatic rings. The average Bonchev–Trinajstić information content (AvgIpc) is 3.05. The fourth-order valence-electron chi connectivity index (χ4n) is 3.13. The monoisotopic (exact) mass is 280 g/mol. The van der Waals surface area contributed by atoms with E-state index in [-0.39, 0.29) is 5.97 Å². The van der Waals surface area contributed by atoms with Crippen LogP contribution >= 0.6 is 0 Å². The first kappa shape index (κ1) is 13.9. The molecule has 108 valence electrons. The minimum atomic E-state index is -0.214. The van der Waals surface area contributed by atoms with Crippen molar-refractivity contribution in [3.05, 3.63) is 54.1 Å². The van der Waals surface area contributed by atoms with Crippen LogP contribution in [-0.2, 0) is 4.74 Å². The van der Waals surface area contributed by atoms with E-state index in [1.54, 1.807) is 0 Å². The molecule has 0 unspecified atom stereocenters. The van der Waals surface area contributed by atoms with Gasteiger partial charge in [0.2, 0.25) is 0 Å². The Morgan fingerprint density at radius 1 is 1.14 bits per heavy atom. The van der Waals surface area contributed by atoms with Crippen LogP contribution in [0.3, 0.4) is 0 Å². The van der Waals surface area contributed by atoms with Crippen LogP contribution in [-0.4, -0.2) is 12.6 Å². The number of hydrogen-bond acceptors (Lipinski definition) is 2. The lowest BCUT2D eigenvalue weighted by molar-refractivity contribution is 0.0445. The summed E-state index contributed by atoms with van der Waals surface area (Å²) in [5.74, 6) is 0.335. The Morgan fingerprint density at radius 3 is 2.57 bits per heavy atom. The minimum Gasteiger partial charge on any atom is -0.462 e. The number of benzene rings is 2. The van der Waals surface area contributed by atoms with Crippen molar-refractivity contribution in [3.63, 3.8) is 0 Å². The van der Waals surface area contributed by atoms with E-state index >= 15 is 0 Å². The third-order valence-electron chi connectivity index (χ3n) is 4.32. The maximum Gasteiger partial charge on any atom is 0.338 e. The summed E-state index contributed by atoms with van der Waals surface area (Å²) in [6.07, 6.45) is 6.71. The Morgan fingerprint density at radius 2 is 1.86 bits per heavy atom. The van der Waals surface area contributed by atoms with Crippen LogP contribution in [0.15, 0.2) is 43.0 Å². The van der Waals surface area contributed by atoms with E-state index in [4.69, 9.17) is 4.74 Å². The lowest BCUT2D eigenvalue weighted by atomic mass is 9.99. The number of esters is 1. The summed E-state index contributed by atoms with van der Waals surface area (Å²) in [5, 5.41) is 1.98. The molecule has 1 fully saturated rings. The highest BCUT2D eigenvalue weighted by Crippen LogP contribution is 2.27. The van der Waals surface area contributed by atoms with Gasteiger partial charge < -0.3 is 4.74 Å². The first-order chi connectivity index (χ1) is 10.3. The predicted octanol–water partition coefficient (Wildman–Crippen LogP) is 4.83. The van der Waals surface area contributed by atoms with E-state index in [9.17, 15) is 4.79 Å². The van der Waals surface area contributed by atoms with Crippen LogP contribution in [0, 0.1) is 5.92 Å². The molecule has 0 saturated heterocycles. The van der Waals surface area contributed by atoms with Crippen LogP contribution in [0.5, 0.6) is 0 Å². The van der Waals surface area contributed by atoms with Gasteiger partial charge in [-0.15, -0.1) is 0 Å². The molecule has 0 amide bonds. The molecule has 2 heteroatoms. The number of fused-ring (bicyclic) bond motifs is 1. The molecule has 0 N–H and O–H groups in total. The summed E-state index contributed by atoms with van der Waals surface area (Å²) in [6, 6.07) is 11.7. The molecule has 0 aliphatic heterocycles. The van der Waals surface area contributed by atoms with Crippen molar-refractivity contribution >= 4 is 22.8 Å². The summed E-state index contributed by atoms with van der Waals surface area (Å²) in [4.78, 5) is 12.4. The van der Waals surface area contributed by atoms with Crippen LogP contribution < -0.4 is 0 Å². The Balaban J connectivity index is 1.85. The zero-order valence-electron chi connectivity index (χ0n) is 12.2. The highest BCUT2D eigenvalue weighted by Gasteiger charge is 2.18. The Bertz CT molecular complexity index is 666. The highest BCUT2D eigenvalue weighted by molar-refractivity contribution is 6.06. The van der Waals surface area contributed by atoms with E-state index in [0.717, 1.165) is 16.3 Å². The Kier molecular flexibility index (Phi) is 4.05. The zero-order valence-corrected chi connectivity index (χ0v) is 12.2. The summed E-state index contributed by atoms with van der Waals surface area (Å²) in [7, 11) is 0. The fraction of sp³-hybridized carbons (Fsp3) is 0.316. The summed E-state index contributed by atoms with van der Waals surface area (Å²) < 4.78 is 5.53. The van der Waals surface area contributed by atoms with Crippen molar-refractivity contribution < 1.29 is 9.53 Å². The smallest absolute Gasteiger partial charge is 0.338 e. The second-order valence-corrected chi connectivity index (χ2v) is 5.70. The molecule has 0 spiro atoms. The van der Waals surface area contributed by atoms with E-state index in [2.05, 4.69) is 6.58 Å². The molecule has 2 aromatic carbocycles. The van der Waals surface area contributed by atoms with E-state index in [0.29, 0.717) is 18.1 Å². The first-order valence-electron chi connectivity index (χ1n) is 7.61. The maximum atomic E-state index is 12.4. The Hall–Kier alpha value is -2.09. The lowest BCUT2D eigenvalue weighted by Gasteiger charge is -2.12. The van der Waals surface area contributed by atoms with Crippen LogP contribution in [0.25, 0.3) is 16.8 Å². The van der Waals surface area contributed by atoms with Gasteiger partial charge in [0.05, 0.1) is 12.2 Å². The van der Waals surface area contributed by atoms with Crippen molar-refractivity contribution in [1.82, 2.24) is 0 Å². The average molecular weight is 280 g/mol. The molecule has 2 nitrogen and oxygen atoms in total. The van der Waals surface area contributed by atoms with Gasteiger partial charge in [0.25, 0.3) is 0 Å². The largest absolute Gasteiger partial charge is 0.462 e. The second-order valence-electron chi connectivity index (χ2n) is 5.70. The van der Waals surface area contributed by atoms with Crippen molar-refractivity contribution in [2.24, 2.45) is 5.92 Å². The molecule has 0 aromatic heterocycles. The third-order valence-corrected chi connectivity index (χ3v) is 4.32. The van der Waals surface area contributed by atoms with Gasteiger partial charge in [0.1, 0.15) is 0 Å². The minimum absolute atomic E-state index is 0.214. The Labute approximate surface area is 125 Å². The van der Waals surface area contributed by atoms with Crippen molar-refractivity contribution in [3.8, 4) is 0 Å². The van der Waals surface area contributed by atoms with Crippen molar-refractivity contribution in [2.45, 2.75) is 25.7 Å². The third kappa shape index (κ3) is 2.85. The SMILES string of the molecule is C=Cc1ccc(C(=O)OCC2CCCC2)c2ccccc12. The van der Waals surface area contributed by atoms with Gasteiger partial charge in [0, 0.05) is 0 Å². The molecule has 21 heavy (non-hydrogen) atoms. The van der Waals surface area contributed by atoms with E-state index in [1.807, 2.05) is 42.5 Å². The van der Waals surface area contributed by atoms with Crippen LogP contribution in [0.2, 0.25) is 0 Å².